The van der Waals surface area contributed by atoms with Gasteiger partial charge in [0.2, 0.25) is 0 Å². The Balaban J connectivity index is 2.54. The Kier molecular flexibility index (Phi) is 4.21. The highest BCUT2D eigenvalue weighted by atomic mass is 19.1. The minimum atomic E-state index is -0.695. The van der Waals surface area contributed by atoms with Crippen molar-refractivity contribution in [3.05, 3.63) is 35.4 Å². The molecule has 0 spiro atoms. The third-order valence-corrected chi connectivity index (χ3v) is 1.86. The lowest BCUT2D eigenvalue weighted by atomic mass is 10.2. The Morgan fingerprint density at radius 3 is 2.73 bits per heavy atom. The molecule has 15 heavy (non-hydrogen) atoms. The van der Waals surface area contributed by atoms with E-state index in [0.717, 1.165) is 12.1 Å². The number of carbonyl (C=O) groups excluding carboxylic acids is 1. The number of halogens is 2. The molecule has 0 bridgehead atoms. The van der Waals surface area contributed by atoms with Gasteiger partial charge in [-0.15, -0.1) is 0 Å². The van der Waals surface area contributed by atoms with Crippen molar-refractivity contribution in [3.8, 4) is 0 Å². The van der Waals surface area contributed by atoms with Crippen molar-refractivity contribution < 1.29 is 18.3 Å². The average Bonchev–Trinajstić information content (AvgIpc) is 2.17. The molecule has 0 N–H and O–H groups in total. The molecule has 0 saturated heterocycles. The molecule has 0 aromatic heterocycles. The predicted molar refractivity (Wildman–Crippen MR) is 51.1 cm³/mol. The van der Waals surface area contributed by atoms with Crippen LogP contribution in [-0.4, -0.2) is 5.97 Å². The summed E-state index contributed by atoms with van der Waals surface area (Å²) in [5, 5.41) is 0. The van der Waals surface area contributed by atoms with Gasteiger partial charge in [0.1, 0.15) is 18.2 Å². The third kappa shape index (κ3) is 3.65. The lowest BCUT2D eigenvalue weighted by Crippen LogP contribution is -2.05. The van der Waals surface area contributed by atoms with Crippen molar-refractivity contribution in [2.75, 3.05) is 0 Å². The van der Waals surface area contributed by atoms with Crippen LogP contribution in [0.25, 0.3) is 0 Å². The molecule has 0 fully saturated rings. The summed E-state index contributed by atoms with van der Waals surface area (Å²) in [6, 6.07) is 3.17. The normalized spacial score (nSPS) is 10.1. The van der Waals surface area contributed by atoms with E-state index < -0.39 is 11.6 Å². The maximum absolute atomic E-state index is 13.1. The Morgan fingerprint density at radius 2 is 2.13 bits per heavy atom. The van der Waals surface area contributed by atoms with E-state index in [9.17, 15) is 13.6 Å². The molecule has 0 unspecified atom stereocenters. The fourth-order valence-electron chi connectivity index (χ4n) is 1.07. The van der Waals surface area contributed by atoms with Crippen molar-refractivity contribution in [2.45, 2.75) is 26.4 Å². The fourth-order valence-corrected chi connectivity index (χ4v) is 1.07. The average molecular weight is 214 g/mol. The summed E-state index contributed by atoms with van der Waals surface area (Å²) in [5.74, 6) is -1.71. The van der Waals surface area contributed by atoms with Crippen molar-refractivity contribution in [1.29, 1.82) is 0 Å². The highest BCUT2D eigenvalue weighted by Crippen LogP contribution is 2.11. The molecular formula is C11H12F2O2. The van der Waals surface area contributed by atoms with Crippen LogP contribution in [-0.2, 0) is 16.1 Å². The molecule has 1 rings (SSSR count). The molecule has 0 saturated carbocycles. The van der Waals surface area contributed by atoms with E-state index in [0.29, 0.717) is 12.8 Å². The fraction of sp³-hybridized carbons (Fsp3) is 0.364. The number of esters is 1. The SMILES string of the molecule is CCCC(=O)OCc1ccc(F)cc1F. The molecule has 1 aromatic rings. The number of carbonyl (C=O) groups is 1. The van der Waals surface area contributed by atoms with Gasteiger partial charge in [0.05, 0.1) is 0 Å². The number of rotatable bonds is 4. The summed E-state index contributed by atoms with van der Waals surface area (Å²) in [4.78, 5) is 11.0. The van der Waals surface area contributed by atoms with E-state index in [2.05, 4.69) is 0 Å². The molecule has 82 valence electrons. The predicted octanol–water partition coefficient (Wildman–Crippen LogP) is 2.81. The van der Waals surface area contributed by atoms with E-state index in [1.54, 1.807) is 0 Å². The third-order valence-electron chi connectivity index (χ3n) is 1.86. The summed E-state index contributed by atoms with van der Waals surface area (Å²) in [5.41, 5.74) is 0.181. The largest absolute Gasteiger partial charge is 0.461 e. The highest BCUT2D eigenvalue weighted by molar-refractivity contribution is 5.69. The molecule has 1 aromatic carbocycles. The van der Waals surface area contributed by atoms with Crippen molar-refractivity contribution in [3.63, 3.8) is 0 Å². The Hall–Kier alpha value is -1.45. The summed E-state index contributed by atoms with van der Waals surface area (Å²) < 4.78 is 30.4. The Bertz CT molecular complexity index is 350. The number of hydrogen-bond acceptors (Lipinski definition) is 2. The van der Waals surface area contributed by atoms with Gasteiger partial charge in [-0.2, -0.15) is 0 Å². The molecule has 0 atom stereocenters. The Morgan fingerprint density at radius 1 is 1.40 bits per heavy atom. The number of ether oxygens (including phenoxy) is 1. The Labute approximate surface area is 86.9 Å². The van der Waals surface area contributed by atoms with Crippen LogP contribution in [0, 0.1) is 11.6 Å². The second-order valence-electron chi connectivity index (χ2n) is 3.15. The molecule has 0 heterocycles. The maximum atomic E-state index is 13.1. The van der Waals surface area contributed by atoms with E-state index in [1.165, 1.54) is 6.07 Å². The van der Waals surface area contributed by atoms with Crippen LogP contribution < -0.4 is 0 Å². The lowest BCUT2D eigenvalue weighted by molar-refractivity contribution is -0.145. The first-order chi connectivity index (χ1) is 7.13. The van der Waals surface area contributed by atoms with Gasteiger partial charge < -0.3 is 4.74 Å². The molecule has 0 aliphatic heterocycles. The molecule has 0 aliphatic carbocycles. The zero-order valence-corrected chi connectivity index (χ0v) is 8.43. The van der Waals surface area contributed by atoms with Crippen LogP contribution >= 0.6 is 0 Å². The minimum absolute atomic E-state index is 0.148. The summed E-state index contributed by atoms with van der Waals surface area (Å²) in [6.45, 7) is 1.70. The first-order valence-electron chi connectivity index (χ1n) is 4.73. The van der Waals surface area contributed by atoms with Crippen molar-refractivity contribution in [2.24, 2.45) is 0 Å². The van der Waals surface area contributed by atoms with Crippen LogP contribution in [0.3, 0.4) is 0 Å². The minimum Gasteiger partial charge on any atom is -0.461 e. The van der Waals surface area contributed by atoms with Crippen LogP contribution in [0.5, 0.6) is 0 Å². The molecular weight excluding hydrogens is 202 g/mol. The second-order valence-corrected chi connectivity index (χ2v) is 3.15. The zero-order valence-electron chi connectivity index (χ0n) is 8.43. The molecule has 0 amide bonds. The van der Waals surface area contributed by atoms with Crippen LogP contribution in [0.4, 0.5) is 8.78 Å². The maximum Gasteiger partial charge on any atom is 0.306 e. The first-order valence-corrected chi connectivity index (χ1v) is 4.73. The van der Waals surface area contributed by atoms with Gasteiger partial charge in [0, 0.05) is 18.1 Å². The van der Waals surface area contributed by atoms with Gasteiger partial charge in [-0.1, -0.05) is 6.92 Å². The number of hydrogen-bond donors (Lipinski definition) is 0. The van der Waals surface area contributed by atoms with Gasteiger partial charge >= 0.3 is 5.97 Å². The molecule has 0 aliphatic rings. The first kappa shape index (κ1) is 11.6. The van der Waals surface area contributed by atoms with E-state index >= 15 is 0 Å². The quantitative estimate of drug-likeness (QED) is 0.720. The molecule has 4 heteroatoms. The summed E-state index contributed by atoms with van der Waals surface area (Å²) in [6.07, 6.45) is 0.994. The standard InChI is InChI=1S/C11H12F2O2/c1-2-3-11(14)15-7-8-4-5-9(12)6-10(8)13/h4-6H,2-3,7H2,1H3. The van der Waals surface area contributed by atoms with Crippen molar-refractivity contribution >= 4 is 5.97 Å². The van der Waals surface area contributed by atoms with E-state index in [4.69, 9.17) is 4.74 Å². The van der Waals surface area contributed by atoms with Crippen LogP contribution in [0.1, 0.15) is 25.3 Å². The summed E-state index contributed by atoms with van der Waals surface area (Å²) >= 11 is 0. The topological polar surface area (TPSA) is 26.3 Å². The lowest BCUT2D eigenvalue weighted by Gasteiger charge is -2.04. The molecule has 2 nitrogen and oxygen atoms in total. The van der Waals surface area contributed by atoms with Crippen LogP contribution in [0.2, 0.25) is 0 Å². The van der Waals surface area contributed by atoms with Gasteiger partial charge in [0.15, 0.2) is 0 Å². The van der Waals surface area contributed by atoms with Crippen LogP contribution in [0.15, 0.2) is 18.2 Å². The van der Waals surface area contributed by atoms with Gasteiger partial charge in [-0.3, -0.25) is 4.79 Å². The van der Waals surface area contributed by atoms with Gasteiger partial charge in [0.25, 0.3) is 0 Å². The van der Waals surface area contributed by atoms with Crippen molar-refractivity contribution in [1.82, 2.24) is 0 Å². The summed E-state index contributed by atoms with van der Waals surface area (Å²) in [7, 11) is 0. The number of benzene rings is 1. The van der Waals surface area contributed by atoms with E-state index in [-0.39, 0.29) is 18.1 Å². The second kappa shape index (κ2) is 5.44. The molecule has 0 radical (unpaired) electrons. The van der Waals surface area contributed by atoms with E-state index in [1.807, 2.05) is 6.92 Å². The zero-order chi connectivity index (χ0) is 11.3. The van der Waals surface area contributed by atoms with Gasteiger partial charge in [-0.05, 0) is 18.6 Å². The van der Waals surface area contributed by atoms with Gasteiger partial charge in [-0.25, -0.2) is 8.78 Å². The smallest absolute Gasteiger partial charge is 0.306 e. The highest BCUT2D eigenvalue weighted by Gasteiger charge is 2.06. The monoisotopic (exact) mass is 214 g/mol.